The zero-order chi connectivity index (χ0) is 26.2. The van der Waals surface area contributed by atoms with E-state index in [0.717, 1.165) is 21.4 Å². The van der Waals surface area contributed by atoms with Crippen molar-refractivity contribution in [2.75, 3.05) is 0 Å². The Morgan fingerprint density at radius 2 is 1.81 bits per heavy atom. The van der Waals surface area contributed by atoms with Crippen LogP contribution in [0.15, 0.2) is 52.4 Å². The molecule has 0 aliphatic carbocycles. The van der Waals surface area contributed by atoms with E-state index in [4.69, 9.17) is 4.74 Å². The Kier molecular flexibility index (Phi) is 6.46. The zero-order valence-electron chi connectivity index (χ0n) is 19.9. The third kappa shape index (κ3) is 4.89. The highest BCUT2D eigenvalue weighted by molar-refractivity contribution is 5.59. The number of hydrogen-bond donors (Lipinski definition) is 1. The van der Waals surface area contributed by atoms with E-state index in [0.29, 0.717) is 23.0 Å². The summed E-state index contributed by atoms with van der Waals surface area (Å²) in [5, 5.41) is 10.2. The Morgan fingerprint density at radius 3 is 2.50 bits per heavy atom. The Morgan fingerprint density at radius 1 is 1.06 bits per heavy atom. The van der Waals surface area contributed by atoms with E-state index in [1.807, 2.05) is 0 Å². The summed E-state index contributed by atoms with van der Waals surface area (Å²) in [4.78, 5) is 42.5. The van der Waals surface area contributed by atoms with Gasteiger partial charge in [0.1, 0.15) is 23.7 Å². The summed E-state index contributed by atoms with van der Waals surface area (Å²) >= 11 is 0. The van der Waals surface area contributed by atoms with Crippen LogP contribution in [-0.4, -0.2) is 34.2 Å². The van der Waals surface area contributed by atoms with Crippen molar-refractivity contribution < 1.29 is 18.6 Å². The minimum absolute atomic E-state index is 0.121. The molecule has 12 heteroatoms. The van der Waals surface area contributed by atoms with E-state index in [9.17, 15) is 23.5 Å². The van der Waals surface area contributed by atoms with Crippen LogP contribution in [0.4, 0.5) is 8.78 Å². The topological polar surface area (TPSA) is 125 Å². The van der Waals surface area contributed by atoms with Crippen LogP contribution in [0.2, 0.25) is 0 Å². The van der Waals surface area contributed by atoms with Crippen LogP contribution in [0.25, 0.3) is 17.1 Å². The summed E-state index contributed by atoms with van der Waals surface area (Å²) < 4.78 is 34.4. The molecule has 4 rings (SSSR count). The Labute approximate surface area is 203 Å². The van der Waals surface area contributed by atoms with Crippen LogP contribution in [0.3, 0.4) is 0 Å². The molecular weight excluding hydrogens is 474 g/mol. The smallest absolute Gasteiger partial charge is 0.338 e. The number of pyridine rings is 2. The van der Waals surface area contributed by atoms with Crippen LogP contribution >= 0.6 is 0 Å². The molecule has 186 valence electrons. The molecule has 0 unspecified atom stereocenters. The van der Waals surface area contributed by atoms with Gasteiger partial charge in [-0.1, -0.05) is 0 Å². The number of ether oxygens (including phenoxy) is 1. The summed E-state index contributed by atoms with van der Waals surface area (Å²) in [6.07, 6.45) is 3.81. The Balaban J connectivity index is 1.73. The van der Waals surface area contributed by atoms with Crippen molar-refractivity contribution in [2.24, 2.45) is 7.05 Å². The molecule has 0 atom stereocenters. The number of aromatic nitrogens is 6. The van der Waals surface area contributed by atoms with Crippen molar-refractivity contribution in [1.82, 2.24) is 29.1 Å². The summed E-state index contributed by atoms with van der Waals surface area (Å²) in [5.74, 6) is -1.68. The normalized spacial score (nSPS) is 11.5. The van der Waals surface area contributed by atoms with E-state index in [-0.39, 0.29) is 23.1 Å². The van der Waals surface area contributed by atoms with Crippen molar-refractivity contribution in [2.45, 2.75) is 33.0 Å². The molecule has 36 heavy (non-hydrogen) atoms. The van der Waals surface area contributed by atoms with Gasteiger partial charge in [-0.05, 0) is 38.5 Å². The second-order valence-corrected chi connectivity index (χ2v) is 8.55. The molecule has 4 aromatic heterocycles. The maximum Gasteiger partial charge on any atom is 0.338 e. The fourth-order valence-electron chi connectivity index (χ4n) is 3.35. The zero-order valence-corrected chi connectivity index (χ0v) is 19.9. The first kappa shape index (κ1) is 24.8. The third-order valence-corrected chi connectivity index (χ3v) is 5.30. The predicted molar refractivity (Wildman–Crippen MR) is 125 cm³/mol. The first-order chi connectivity index (χ1) is 17.0. The van der Waals surface area contributed by atoms with Crippen molar-refractivity contribution in [1.29, 1.82) is 0 Å². The first-order valence-electron chi connectivity index (χ1n) is 10.7. The minimum Gasteiger partial charge on any atom is -0.472 e. The summed E-state index contributed by atoms with van der Waals surface area (Å²) in [5.41, 5.74) is -1.31. The molecule has 4 heterocycles. The van der Waals surface area contributed by atoms with Crippen LogP contribution in [0.1, 0.15) is 30.9 Å². The standard InChI is InChI=1S/C24H22F2N6O4/c1-13-10-28-17(16-5-6-27-22(30-16)24(2,3)35)8-19(13)32-20(33)9-21(31(4)23(32)34)36-12-18-15(26)7-14(25)11-29-18/h5-11,35H,12H2,1-4H3. The molecule has 10 nitrogen and oxygen atoms in total. The molecule has 0 saturated carbocycles. The minimum atomic E-state index is -1.28. The van der Waals surface area contributed by atoms with E-state index in [2.05, 4.69) is 19.9 Å². The molecule has 0 radical (unpaired) electrons. The predicted octanol–water partition coefficient (Wildman–Crippen LogP) is 2.18. The molecule has 4 aromatic rings. The van der Waals surface area contributed by atoms with Gasteiger partial charge in [0.25, 0.3) is 5.56 Å². The van der Waals surface area contributed by atoms with Gasteiger partial charge in [0.05, 0.1) is 29.3 Å². The number of nitrogens with zero attached hydrogens (tertiary/aromatic N) is 6. The molecule has 1 N–H and O–H groups in total. The average Bonchev–Trinajstić information content (AvgIpc) is 2.82. The Bertz CT molecular complexity index is 1580. The quantitative estimate of drug-likeness (QED) is 0.431. The highest BCUT2D eigenvalue weighted by Gasteiger charge is 2.21. The molecule has 0 saturated heterocycles. The van der Waals surface area contributed by atoms with Crippen molar-refractivity contribution in [3.8, 4) is 23.0 Å². The number of aryl methyl sites for hydroxylation is 1. The number of halogens is 2. The van der Waals surface area contributed by atoms with Gasteiger partial charge in [0.2, 0.25) is 5.88 Å². The molecule has 0 aliphatic heterocycles. The highest BCUT2D eigenvalue weighted by Crippen LogP contribution is 2.22. The van der Waals surface area contributed by atoms with Gasteiger partial charge in [-0.3, -0.25) is 19.3 Å². The van der Waals surface area contributed by atoms with Gasteiger partial charge in [-0.25, -0.2) is 28.1 Å². The number of aliphatic hydroxyl groups is 1. The molecule has 0 bridgehead atoms. The first-order valence-corrected chi connectivity index (χ1v) is 10.7. The van der Waals surface area contributed by atoms with Crippen LogP contribution in [0.5, 0.6) is 5.88 Å². The average molecular weight is 496 g/mol. The van der Waals surface area contributed by atoms with Gasteiger partial charge in [0.15, 0.2) is 11.6 Å². The second-order valence-electron chi connectivity index (χ2n) is 8.55. The van der Waals surface area contributed by atoms with Crippen LogP contribution < -0.4 is 16.0 Å². The van der Waals surface area contributed by atoms with Crippen molar-refractivity contribution in [3.05, 3.63) is 92.4 Å². The third-order valence-electron chi connectivity index (χ3n) is 5.30. The van der Waals surface area contributed by atoms with E-state index in [1.165, 1.54) is 25.5 Å². The second kappa shape index (κ2) is 9.38. The van der Waals surface area contributed by atoms with Gasteiger partial charge in [0, 0.05) is 25.5 Å². The molecule has 0 amide bonds. The summed E-state index contributed by atoms with van der Waals surface area (Å²) in [7, 11) is 1.39. The molecule has 0 spiro atoms. The molecule has 0 aliphatic rings. The van der Waals surface area contributed by atoms with Gasteiger partial charge in [-0.15, -0.1) is 0 Å². The lowest BCUT2D eigenvalue weighted by Crippen LogP contribution is -2.38. The van der Waals surface area contributed by atoms with Gasteiger partial charge in [-0.2, -0.15) is 0 Å². The monoisotopic (exact) mass is 496 g/mol. The molecule has 0 aromatic carbocycles. The van der Waals surface area contributed by atoms with E-state index in [1.54, 1.807) is 26.8 Å². The molecular formula is C24H22F2N6O4. The summed E-state index contributed by atoms with van der Waals surface area (Å²) in [6.45, 7) is 4.37. The SMILES string of the molecule is Cc1cnc(-c2ccnc(C(C)(C)O)n2)cc1-n1c(=O)cc(OCc2ncc(F)cc2F)n(C)c1=O. The lowest BCUT2D eigenvalue weighted by Gasteiger charge is -2.16. The number of hydrogen-bond acceptors (Lipinski definition) is 8. The van der Waals surface area contributed by atoms with E-state index < -0.39 is 35.1 Å². The van der Waals surface area contributed by atoms with Crippen LogP contribution in [-0.2, 0) is 19.3 Å². The lowest BCUT2D eigenvalue weighted by molar-refractivity contribution is 0.0688. The van der Waals surface area contributed by atoms with Crippen LogP contribution in [0, 0.1) is 18.6 Å². The van der Waals surface area contributed by atoms with Crippen molar-refractivity contribution in [3.63, 3.8) is 0 Å². The van der Waals surface area contributed by atoms with Crippen molar-refractivity contribution >= 4 is 0 Å². The fraction of sp³-hybridized carbons (Fsp3) is 0.250. The fourth-order valence-corrected chi connectivity index (χ4v) is 3.35. The molecule has 0 fully saturated rings. The summed E-state index contributed by atoms with van der Waals surface area (Å²) in [6, 6.07) is 4.87. The van der Waals surface area contributed by atoms with Gasteiger partial charge >= 0.3 is 5.69 Å². The number of rotatable bonds is 6. The largest absolute Gasteiger partial charge is 0.472 e. The Hall–Kier alpha value is -4.32. The van der Waals surface area contributed by atoms with Gasteiger partial charge < -0.3 is 9.84 Å². The highest BCUT2D eigenvalue weighted by atomic mass is 19.1. The lowest BCUT2D eigenvalue weighted by atomic mass is 10.1. The van der Waals surface area contributed by atoms with E-state index >= 15 is 0 Å². The maximum absolute atomic E-state index is 13.9. The maximum atomic E-state index is 13.9.